The number of hydrogen-bond acceptors (Lipinski definition) is 3. The van der Waals surface area contributed by atoms with Crippen molar-refractivity contribution in [2.75, 3.05) is 39.5 Å². The van der Waals surface area contributed by atoms with E-state index < -0.39 is 0 Å². The van der Waals surface area contributed by atoms with E-state index in [4.69, 9.17) is 9.47 Å². The molecule has 1 atom stereocenters. The Bertz CT molecular complexity index is 165. The zero-order valence-electron chi connectivity index (χ0n) is 9.05. The van der Waals surface area contributed by atoms with Crippen LogP contribution in [0.15, 0.2) is 12.2 Å². The first-order chi connectivity index (χ1) is 6.83. The van der Waals surface area contributed by atoms with E-state index in [0.29, 0.717) is 12.5 Å². The molecule has 0 aromatic rings. The molecule has 0 aliphatic carbocycles. The van der Waals surface area contributed by atoms with Crippen LogP contribution in [0.3, 0.4) is 0 Å². The average molecular weight is 199 g/mol. The van der Waals surface area contributed by atoms with E-state index in [1.165, 1.54) is 0 Å². The van der Waals surface area contributed by atoms with Crippen LogP contribution in [-0.2, 0) is 9.47 Å². The number of nitrogens with one attached hydrogen (secondary N) is 1. The van der Waals surface area contributed by atoms with Crippen LogP contribution < -0.4 is 5.32 Å². The van der Waals surface area contributed by atoms with Crippen molar-refractivity contribution in [2.45, 2.75) is 13.3 Å². The topological polar surface area (TPSA) is 30.5 Å². The Hall–Kier alpha value is -0.380. The molecule has 0 aromatic heterocycles. The molecule has 1 unspecified atom stereocenters. The van der Waals surface area contributed by atoms with Crippen molar-refractivity contribution in [3.8, 4) is 0 Å². The summed E-state index contributed by atoms with van der Waals surface area (Å²) < 4.78 is 10.8. The number of likely N-dealkylation sites (N-methyl/N-ethyl adjacent to an activating group) is 1. The maximum absolute atomic E-state index is 5.56. The zero-order chi connectivity index (χ0) is 10.2. The van der Waals surface area contributed by atoms with Gasteiger partial charge in [0.25, 0.3) is 0 Å². The zero-order valence-corrected chi connectivity index (χ0v) is 9.05. The highest BCUT2D eigenvalue weighted by atomic mass is 16.5. The van der Waals surface area contributed by atoms with Crippen molar-refractivity contribution < 1.29 is 9.47 Å². The van der Waals surface area contributed by atoms with Crippen LogP contribution in [0, 0.1) is 5.92 Å². The van der Waals surface area contributed by atoms with Gasteiger partial charge in [-0.2, -0.15) is 0 Å². The fraction of sp³-hybridized carbons (Fsp3) is 0.818. The van der Waals surface area contributed by atoms with Gasteiger partial charge in [0, 0.05) is 19.1 Å². The number of rotatable bonds is 7. The van der Waals surface area contributed by atoms with Gasteiger partial charge in [0.15, 0.2) is 0 Å². The Morgan fingerprint density at radius 3 is 3.14 bits per heavy atom. The van der Waals surface area contributed by atoms with Crippen molar-refractivity contribution in [3.05, 3.63) is 12.2 Å². The summed E-state index contributed by atoms with van der Waals surface area (Å²) >= 11 is 0. The summed E-state index contributed by atoms with van der Waals surface area (Å²) in [7, 11) is 0. The van der Waals surface area contributed by atoms with Crippen LogP contribution in [0.2, 0.25) is 0 Å². The second-order valence-corrected chi connectivity index (χ2v) is 3.78. The Morgan fingerprint density at radius 1 is 1.64 bits per heavy atom. The molecule has 0 aromatic carbocycles. The van der Waals surface area contributed by atoms with Crippen molar-refractivity contribution >= 4 is 0 Å². The first kappa shape index (κ1) is 11.7. The summed E-state index contributed by atoms with van der Waals surface area (Å²) in [5.74, 6) is 0.599. The molecule has 0 bridgehead atoms. The molecule has 3 nitrogen and oxygen atoms in total. The minimum absolute atomic E-state index is 0.599. The lowest BCUT2D eigenvalue weighted by atomic mass is 10.1. The smallest absolute Gasteiger partial charge is 0.0686 e. The Labute approximate surface area is 86.5 Å². The quantitative estimate of drug-likeness (QED) is 0.625. The maximum Gasteiger partial charge on any atom is 0.0686 e. The monoisotopic (exact) mass is 199 g/mol. The van der Waals surface area contributed by atoms with Gasteiger partial charge in [-0.05, 0) is 18.5 Å². The predicted octanol–water partition coefficient (Wildman–Crippen LogP) is 1.21. The highest BCUT2D eigenvalue weighted by Gasteiger charge is 2.15. The minimum atomic E-state index is 0.599. The van der Waals surface area contributed by atoms with E-state index in [9.17, 15) is 0 Å². The van der Waals surface area contributed by atoms with Gasteiger partial charge in [0.2, 0.25) is 0 Å². The van der Waals surface area contributed by atoms with E-state index in [1.54, 1.807) is 0 Å². The highest BCUT2D eigenvalue weighted by Crippen LogP contribution is 2.12. The molecule has 1 saturated heterocycles. The highest BCUT2D eigenvalue weighted by molar-refractivity contribution is 4.96. The van der Waals surface area contributed by atoms with Crippen molar-refractivity contribution in [2.24, 2.45) is 5.92 Å². The first-order valence-electron chi connectivity index (χ1n) is 5.35. The third kappa shape index (κ3) is 4.74. The molecule has 1 fully saturated rings. The molecule has 0 spiro atoms. The summed E-state index contributed by atoms with van der Waals surface area (Å²) in [4.78, 5) is 0. The van der Waals surface area contributed by atoms with E-state index in [1.807, 2.05) is 0 Å². The normalized spacial score (nSPS) is 21.4. The van der Waals surface area contributed by atoms with Crippen LogP contribution in [0.25, 0.3) is 0 Å². The van der Waals surface area contributed by atoms with E-state index in [-0.39, 0.29) is 0 Å². The molecular weight excluding hydrogens is 178 g/mol. The van der Waals surface area contributed by atoms with Crippen LogP contribution in [0.5, 0.6) is 0 Å². The van der Waals surface area contributed by atoms with Gasteiger partial charge in [-0.1, -0.05) is 13.5 Å². The lowest BCUT2D eigenvalue weighted by molar-refractivity contribution is 0.104. The molecule has 1 N–H and O–H groups in total. The molecule has 1 rings (SSSR count). The van der Waals surface area contributed by atoms with Crippen molar-refractivity contribution in [1.82, 2.24) is 5.32 Å². The molecule has 1 aliphatic heterocycles. The molecule has 1 heterocycles. The molecule has 82 valence electrons. The van der Waals surface area contributed by atoms with Gasteiger partial charge in [-0.3, -0.25) is 0 Å². The lowest BCUT2D eigenvalue weighted by Crippen LogP contribution is -2.19. The van der Waals surface area contributed by atoms with Crippen LogP contribution in [0.1, 0.15) is 13.3 Å². The first-order valence-corrected chi connectivity index (χ1v) is 5.35. The summed E-state index contributed by atoms with van der Waals surface area (Å²) in [5, 5.41) is 3.22. The average Bonchev–Trinajstić information content (AvgIpc) is 2.67. The van der Waals surface area contributed by atoms with Gasteiger partial charge < -0.3 is 14.8 Å². The molecule has 14 heavy (non-hydrogen) atoms. The third-order valence-electron chi connectivity index (χ3n) is 2.31. The van der Waals surface area contributed by atoms with E-state index in [2.05, 4.69) is 18.8 Å². The van der Waals surface area contributed by atoms with Gasteiger partial charge in [-0.15, -0.1) is 0 Å². The van der Waals surface area contributed by atoms with Gasteiger partial charge >= 0.3 is 0 Å². The Balaban J connectivity index is 1.94. The lowest BCUT2D eigenvalue weighted by Gasteiger charge is -2.10. The van der Waals surface area contributed by atoms with Crippen LogP contribution in [-0.4, -0.2) is 39.5 Å². The minimum Gasteiger partial charge on any atom is -0.381 e. The summed E-state index contributed by atoms with van der Waals surface area (Å²) in [5.41, 5.74) is 1.12. The second kappa shape index (κ2) is 6.98. The molecule has 1 aliphatic rings. The molecule has 0 radical (unpaired) electrons. The fourth-order valence-electron chi connectivity index (χ4n) is 1.44. The molecule has 0 saturated carbocycles. The predicted molar refractivity (Wildman–Crippen MR) is 57.4 cm³/mol. The van der Waals surface area contributed by atoms with Crippen LogP contribution >= 0.6 is 0 Å². The van der Waals surface area contributed by atoms with E-state index >= 15 is 0 Å². The summed E-state index contributed by atoms with van der Waals surface area (Å²) in [6.07, 6.45) is 1.14. The van der Waals surface area contributed by atoms with Crippen LogP contribution in [0.4, 0.5) is 0 Å². The van der Waals surface area contributed by atoms with Crippen molar-refractivity contribution in [1.29, 1.82) is 0 Å². The second-order valence-electron chi connectivity index (χ2n) is 3.78. The molecule has 3 heteroatoms. The maximum atomic E-state index is 5.56. The number of hydrogen-bond donors (Lipinski definition) is 1. The Kier molecular flexibility index (Phi) is 5.83. The molecule has 0 amide bonds. The van der Waals surface area contributed by atoms with Gasteiger partial charge in [0.05, 0.1) is 19.8 Å². The largest absolute Gasteiger partial charge is 0.381 e. The summed E-state index contributed by atoms with van der Waals surface area (Å²) in [6, 6.07) is 0. The summed E-state index contributed by atoms with van der Waals surface area (Å²) in [6.45, 7) is 11.1. The third-order valence-corrected chi connectivity index (χ3v) is 2.31. The van der Waals surface area contributed by atoms with E-state index in [0.717, 1.165) is 44.9 Å². The fourth-order valence-corrected chi connectivity index (χ4v) is 1.44. The number of ether oxygens (including phenoxy) is 2. The SMILES string of the molecule is C=C(CNCC)COCC1CCOC1. The van der Waals surface area contributed by atoms with Gasteiger partial charge in [-0.25, -0.2) is 0 Å². The standard InChI is InChI=1S/C11H21NO2/c1-3-12-6-10(2)7-14-9-11-4-5-13-8-11/h11-12H,2-9H2,1H3. The molecular formula is C11H21NO2. The van der Waals surface area contributed by atoms with Crippen molar-refractivity contribution in [3.63, 3.8) is 0 Å². The Morgan fingerprint density at radius 2 is 2.50 bits per heavy atom. The van der Waals surface area contributed by atoms with Gasteiger partial charge in [0.1, 0.15) is 0 Å².